The average molecular weight is 583 g/mol. The Labute approximate surface area is 241 Å². The minimum absolute atomic E-state index is 0.105. The van der Waals surface area contributed by atoms with Gasteiger partial charge in [0.1, 0.15) is 22.8 Å². The van der Waals surface area contributed by atoms with Crippen LogP contribution in [0, 0.1) is 18.6 Å². The summed E-state index contributed by atoms with van der Waals surface area (Å²) in [4.78, 5) is 40.3. The number of rotatable bonds is 6. The van der Waals surface area contributed by atoms with Crippen molar-refractivity contribution in [2.45, 2.75) is 57.1 Å². The zero-order chi connectivity index (χ0) is 29.7. The molecule has 10 heteroatoms. The Balaban J connectivity index is 1.78. The molecule has 0 unspecified atom stereocenters. The number of ether oxygens (including phenoxy) is 2. The van der Waals surface area contributed by atoms with E-state index >= 15 is 0 Å². The Morgan fingerprint density at radius 3 is 2.44 bits per heavy atom. The van der Waals surface area contributed by atoms with Crippen molar-refractivity contribution in [3.05, 3.63) is 93.5 Å². The van der Waals surface area contributed by atoms with Gasteiger partial charge in [0, 0.05) is 28.6 Å². The summed E-state index contributed by atoms with van der Waals surface area (Å²) in [5, 5.41) is 6.19. The molecular weight excluding hydrogens is 554 g/mol. The van der Waals surface area contributed by atoms with Gasteiger partial charge in [0.05, 0.1) is 12.6 Å². The fourth-order valence-corrected chi connectivity index (χ4v) is 6.12. The van der Waals surface area contributed by atoms with E-state index in [0.717, 1.165) is 0 Å². The average Bonchev–Trinajstić information content (AvgIpc) is 3.18. The first-order chi connectivity index (χ1) is 19.4. The molecule has 1 spiro atoms. The standard InChI is InChI=1S/C31H29ClF2N2O5/c1-5-40-29(39)30(3,4)41-25-11-9-19(34)14-21(25)23-15-26(37)36-27(20-13-18(33)8-6-16(20)2)31(23)22-10-7-17(32)12-24(22)35-28(31)38/h6-14,23,27H,5,15H2,1-4H3,(H,35,38)(H,36,37)/t23-,27+,31-/m1/s1. The number of carbonyl (C=O) groups is 3. The third kappa shape index (κ3) is 4.82. The molecule has 2 aliphatic heterocycles. The lowest BCUT2D eigenvalue weighted by atomic mass is 9.59. The van der Waals surface area contributed by atoms with Crippen LogP contribution in [0.2, 0.25) is 5.02 Å². The summed E-state index contributed by atoms with van der Waals surface area (Å²) in [6.07, 6.45) is -0.222. The molecule has 3 aromatic carbocycles. The van der Waals surface area contributed by atoms with Crippen LogP contribution in [0.4, 0.5) is 14.5 Å². The van der Waals surface area contributed by atoms with Crippen molar-refractivity contribution in [3.8, 4) is 5.75 Å². The smallest absolute Gasteiger partial charge is 0.349 e. The minimum Gasteiger partial charge on any atom is -0.476 e. The van der Waals surface area contributed by atoms with Gasteiger partial charge >= 0.3 is 5.97 Å². The second-order valence-electron chi connectivity index (χ2n) is 10.8. The number of piperidine rings is 1. The Hall–Kier alpha value is -3.98. The quantitative estimate of drug-likeness (QED) is 0.354. The number of fused-ring (bicyclic) bond motifs is 2. The van der Waals surface area contributed by atoms with Gasteiger partial charge < -0.3 is 20.1 Å². The SMILES string of the molecule is CCOC(=O)C(C)(C)Oc1ccc(F)cc1[C@H]1CC(=O)N[C@@H](c2cc(F)ccc2C)[C@]12C(=O)Nc1cc(Cl)ccc12. The molecule has 3 atom stereocenters. The van der Waals surface area contributed by atoms with E-state index in [2.05, 4.69) is 10.6 Å². The number of carbonyl (C=O) groups excluding carboxylic acids is 3. The Morgan fingerprint density at radius 2 is 1.73 bits per heavy atom. The zero-order valence-corrected chi connectivity index (χ0v) is 23.7. The van der Waals surface area contributed by atoms with Crippen molar-refractivity contribution in [1.29, 1.82) is 0 Å². The van der Waals surface area contributed by atoms with Crippen LogP contribution in [0.3, 0.4) is 0 Å². The maximum absolute atomic E-state index is 15.0. The van der Waals surface area contributed by atoms with Gasteiger partial charge in [-0.05, 0) is 86.8 Å². The van der Waals surface area contributed by atoms with Gasteiger partial charge in [-0.2, -0.15) is 0 Å². The lowest BCUT2D eigenvalue weighted by Crippen LogP contribution is -2.57. The fourth-order valence-electron chi connectivity index (χ4n) is 5.95. The van der Waals surface area contributed by atoms with Crippen molar-refractivity contribution in [2.24, 2.45) is 0 Å². The molecule has 1 saturated heterocycles. The van der Waals surface area contributed by atoms with Crippen LogP contribution < -0.4 is 15.4 Å². The lowest BCUT2D eigenvalue weighted by molar-refractivity contribution is -0.158. The van der Waals surface area contributed by atoms with E-state index in [-0.39, 0.29) is 24.3 Å². The highest BCUT2D eigenvalue weighted by atomic mass is 35.5. The highest BCUT2D eigenvalue weighted by Crippen LogP contribution is 2.59. The van der Waals surface area contributed by atoms with Crippen LogP contribution in [-0.4, -0.2) is 30.0 Å². The largest absolute Gasteiger partial charge is 0.476 e. The fraction of sp³-hybridized carbons (Fsp3) is 0.323. The number of anilines is 1. The van der Waals surface area contributed by atoms with E-state index in [9.17, 15) is 23.2 Å². The van der Waals surface area contributed by atoms with Crippen LogP contribution in [0.25, 0.3) is 0 Å². The molecule has 3 aromatic rings. The van der Waals surface area contributed by atoms with Crippen LogP contribution >= 0.6 is 11.6 Å². The summed E-state index contributed by atoms with van der Waals surface area (Å²) in [7, 11) is 0. The molecule has 2 aliphatic rings. The molecular formula is C31H29ClF2N2O5. The first-order valence-electron chi connectivity index (χ1n) is 13.2. The molecule has 7 nitrogen and oxygen atoms in total. The maximum atomic E-state index is 15.0. The molecule has 2 N–H and O–H groups in total. The van der Waals surface area contributed by atoms with Gasteiger partial charge in [-0.15, -0.1) is 0 Å². The number of benzene rings is 3. The molecule has 0 aliphatic carbocycles. The summed E-state index contributed by atoms with van der Waals surface area (Å²) in [6.45, 7) is 6.58. The molecule has 41 heavy (non-hydrogen) atoms. The van der Waals surface area contributed by atoms with E-state index in [1.807, 2.05) is 0 Å². The highest BCUT2D eigenvalue weighted by Gasteiger charge is 2.62. The van der Waals surface area contributed by atoms with Crippen LogP contribution in [0.5, 0.6) is 5.75 Å². The highest BCUT2D eigenvalue weighted by molar-refractivity contribution is 6.31. The van der Waals surface area contributed by atoms with Crippen LogP contribution in [-0.2, 0) is 24.5 Å². The molecule has 0 radical (unpaired) electrons. The lowest BCUT2D eigenvalue weighted by Gasteiger charge is -2.47. The monoisotopic (exact) mass is 582 g/mol. The third-order valence-corrected chi connectivity index (χ3v) is 8.02. The summed E-state index contributed by atoms with van der Waals surface area (Å²) < 4.78 is 40.9. The van der Waals surface area contributed by atoms with Crippen molar-refractivity contribution < 1.29 is 32.6 Å². The van der Waals surface area contributed by atoms with E-state index in [4.69, 9.17) is 21.1 Å². The van der Waals surface area contributed by atoms with Crippen molar-refractivity contribution in [3.63, 3.8) is 0 Å². The number of hydrogen-bond donors (Lipinski definition) is 2. The number of aryl methyl sites for hydroxylation is 1. The molecule has 5 rings (SSSR count). The van der Waals surface area contributed by atoms with Crippen LogP contribution in [0.15, 0.2) is 54.6 Å². The molecule has 214 valence electrons. The number of halogens is 3. The summed E-state index contributed by atoms with van der Waals surface area (Å²) in [5.74, 6) is -3.60. The summed E-state index contributed by atoms with van der Waals surface area (Å²) in [6, 6.07) is 11.8. The number of esters is 1. The second kappa shape index (κ2) is 10.4. The number of nitrogens with one attached hydrogen (secondary N) is 2. The molecule has 1 fully saturated rings. The van der Waals surface area contributed by atoms with Gasteiger partial charge in [-0.25, -0.2) is 13.6 Å². The van der Waals surface area contributed by atoms with Gasteiger partial charge in [-0.3, -0.25) is 9.59 Å². The van der Waals surface area contributed by atoms with E-state index in [1.165, 1.54) is 44.2 Å². The second-order valence-corrected chi connectivity index (χ2v) is 11.2. The zero-order valence-electron chi connectivity index (χ0n) is 22.9. The molecule has 2 amide bonds. The van der Waals surface area contributed by atoms with Crippen molar-refractivity contribution >= 4 is 35.1 Å². The normalized spacial score (nSPS) is 21.7. The molecule has 0 saturated carbocycles. The summed E-state index contributed by atoms with van der Waals surface area (Å²) >= 11 is 6.26. The first-order valence-corrected chi connectivity index (χ1v) is 13.6. The Kier molecular flexibility index (Phi) is 7.27. The predicted octanol–water partition coefficient (Wildman–Crippen LogP) is 5.88. The van der Waals surface area contributed by atoms with E-state index in [1.54, 1.807) is 38.1 Å². The van der Waals surface area contributed by atoms with Gasteiger partial charge in [-0.1, -0.05) is 23.7 Å². The van der Waals surface area contributed by atoms with Crippen molar-refractivity contribution in [1.82, 2.24) is 5.32 Å². The van der Waals surface area contributed by atoms with E-state index < -0.39 is 52.4 Å². The molecule has 2 heterocycles. The maximum Gasteiger partial charge on any atom is 0.349 e. The third-order valence-electron chi connectivity index (χ3n) is 7.78. The molecule has 0 bridgehead atoms. The Morgan fingerprint density at radius 1 is 1.05 bits per heavy atom. The predicted molar refractivity (Wildman–Crippen MR) is 149 cm³/mol. The number of amides is 2. The topological polar surface area (TPSA) is 93.7 Å². The minimum atomic E-state index is -1.56. The van der Waals surface area contributed by atoms with Crippen LogP contribution in [0.1, 0.15) is 61.4 Å². The van der Waals surface area contributed by atoms with Gasteiger partial charge in [0.2, 0.25) is 11.8 Å². The van der Waals surface area contributed by atoms with Gasteiger partial charge in [0.15, 0.2) is 5.60 Å². The number of hydrogen-bond acceptors (Lipinski definition) is 5. The Bertz CT molecular complexity index is 1580. The first kappa shape index (κ1) is 28.5. The molecule has 0 aromatic heterocycles. The van der Waals surface area contributed by atoms with Gasteiger partial charge in [0.25, 0.3) is 0 Å². The summed E-state index contributed by atoms with van der Waals surface area (Å²) in [5.41, 5.74) is -0.869. The van der Waals surface area contributed by atoms with Crippen molar-refractivity contribution in [2.75, 3.05) is 11.9 Å². The van der Waals surface area contributed by atoms with E-state index in [0.29, 0.717) is 27.4 Å².